The number of carbonyl (C=O) groups is 2. The first-order valence-electron chi connectivity index (χ1n) is 6.91. The molecule has 5 heteroatoms. The van der Waals surface area contributed by atoms with Gasteiger partial charge in [-0.05, 0) is 25.1 Å². The van der Waals surface area contributed by atoms with E-state index >= 15 is 0 Å². The number of amides is 2. The molecule has 2 amide bonds. The number of hydrogen-bond acceptors (Lipinski definition) is 2. The Morgan fingerprint density at radius 3 is 2.55 bits per heavy atom. The summed E-state index contributed by atoms with van der Waals surface area (Å²) >= 11 is 0. The summed E-state index contributed by atoms with van der Waals surface area (Å²) in [7, 11) is 0. The van der Waals surface area contributed by atoms with Crippen LogP contribution in [0.4, 0.5) is 4.39 Å². The normalized spacial score (nSPS) is 10.1. The number of aryl methyl sites for hydroxylation is 1. The Labute approximate surface area is 128 Å². The van der Waals surface area contributed by atoms with E-state index in [0.29, 0.717) is 11.1 Å². The van der Waals surface area contributed by atoms with E-state index in [1.165, 1.54) is 6.07 Å². The summed E-state index contributed by atoms with van der Waals surface area (Å²) < 4.78 is 13.4. The smallest absolute Gasteiger partial charge is 0.251 e. The zero-order valence-electron chi connectivity index (χ0n) is 12.2. The lowest BCUT2D eigenvalue weighted by molar-refractivity contribution is -0.120. The van der Waals surface area contributed by atoms with Crippen molar-refractivity contribution in [1.82, 2.24) is 10.6 Å². The van der Waals surface area contributed by atoms with Crippen LogP contribution < -0.4 is 10.6 Å². The Hall–Kier alpha value is -2.69. The van der Waals surface area contributed by atoms with E-state index in [1.807, 2.05) is 13.0 Å². The van der Waals surface area contributed by atoms with Crippen LogP contribution in [0.1, 0.15) is 21.5 Å². The molecular formula is C17H17FN2O2. The molecule has 0 radical (unpaired) electrons. The summed E-state index contributed by atoms with van der Waals surface area (Å²) in [5, 5.41) is 5.10. The summed E-state index contributed by atoms with van der Waals surface area (Å²) in [6.45, 7) is 1.82. The first-order chi connectivity index (χ1) is 10.6. The summed E-state index contributed by atoms with van der Waals surface area (Å²) in [6, 6.07) is 13.3. The molecule has 2 rings (SSSR count). The number of rotatable bonds is 5. The molecule has 2 N–H and O–H groups in total. The van der Waals surface area contributed by atoms with Gasteiger partial charge in [-0.3, -0.25) is 9.59 Å². The third-order valence-corrected chi connectivity index (χ3v) is 3.12. The lowest BCUT2D eigenvalue weighted by Gasteiger charge is -2.08. The highest BCUT2D eigenvalue weighted by molar-refractivity contribution is 5.96. The number of carbonyl (C=O) groups excluding carboxylic acids is 2. The van der Waals surface area contributed by atoms with Gasteiger partial charge in [0.15, 0.2) is 0 Å². The van der Waals surface area contributed by atoms with Gasteiger partial charge in [0.1, 0.15) is 5.82 Å². The summed E-state index contributed by atoms with van der Waals surface area (Å²) in [5.74, 6) is -1.06. The molecule has 2 aromatic rings. The van der Waals surface area contributed by atoms with Crippen LogP contribution in [0.5, 0.6) is 0 Å². The lowest BCUT2D eigenvalue weighted by Crippen LogP contribution is -2.36. The standard InChI is InChI=1S/C17H17FN2O2/c1-12-5-4-7-13(9-12)17(22)20-11-16(21)19-10-14-6-2-3-8-15(14)18/h2-9H,10-11H2,1H3,(H,19,21)(H,20,22). The Balaban J connectivity index is 1.81. The maximum absolute atomic E-state index is 13.4. The van der Waals surface area contributed by atoms with Crippen molar-refractivity contribution in [2.24, 2.45) is 0 Å². The molecule has 114 valence electrons. The van der Waals surface area contributed by atoms with E-state index in [2.05, 4.69) is 10.6 Å². The SMILES string of the molecule is Cc1cccc(C(=O)NCC(=O)NCc2ccccc2F)c1. The second-order valence-corrected chi connectivity index (χ2v) is 4.92. The number of benzene rings is 2. The molecule has 0 aromatic heterocycles. The van der Waals surface area contributed by atoms with Crippen molar-refractivity contribution in [3.8, 4) is 0 Å². The second kappa shape index (κ2) is 7.36. The van der Waals surface area contributed by atoms with E-state index in [4.69, 9.17) is 0 Å². The largest absolute Gasteiger partial charge is 0.350 e. The zero-order chi connectivity index (χ0) is 15.9. The molecule has 0 bridgehead atoms. The molecule has 0 unspecified atom stereocenters. The van der Waals surface area contributed by atoms with Crippen LogP contribution in [-0.2, 0) is 11.3 Å². The molecule has 0 spiro atoms. The Morgan fingerprint density at radius 1 is 1.05 bits per heavy atom. The Kier molecular flexibility index (Phi) is 5.25. The highest BCUT2D eigenvalue weighted by Crippen LogP contribution is 2.05. The van der Waals surface area contributed by atoms with Crippen LogP contribution >= 0.6 is 0 Å². The summed E-state index contributed by atoms with van der Waals surface area (Å²) in [5.41, 5.74) is 1.87. The van der Waals surface area contributed by atoms with E-state index < -0.39 is 0 Å². The van der Waals surface area contributed by atoms with Gasteiger partial charge in [-0.2, -0.15) is 0 Å². The second-order valence-electron chi connectivity index (χ2n) is 4.92. The molecule has 0 aliphatic rings. The predicted molar refractivity (Wildman–Crippen MR) is 81.8 cm³/mol. The average Bonchev–Trinajstić information content (AvgIpc) is 2.52. The summed E-state index contributed by atoms with van der Waals surface area (Å²) in [6.07, 6.45) is 0. The maximum atomic E-state index is 13.4. The molecule has 2 aromatic carbocycles. The van der Waals surface area contributed by atoms with Gasteiger partial charge < -0.3 is 10.6 Å². The molecule has 0 saturated carbocycles. The van der Waals surface area contributed by atoms with Crippen molar-refractivity contribution in [2.45, 2.75) is 13.5 Å². The van der Waals surface area contributed by atoms with E-state index in [-0.39, 0.29) is 30.7 Å². The van der Waals surface area contributed by atoms with Crippen molar-refractivity contribution < 1.29 is 14.0 Å². The van der Waals surface area contributed by atoms with Gasteiger partial charge in [-0.15, -0.1) is 0 Å². The minimum atomic E-state index is -0.371. The molecule has 0 fully saturated rings. The third kappa shape index (κ3) is 4.41. The van der Waals surface area contributed by atoms with Gasteiger partial charge >= 0.3 is 0 Å². The van der Waals surface area contributed by atoms with Gasteiger partial charge in [-0.25, -0.2) is 4.39 Å². The molecule has 0 aliphatic heterocycles. The highest BCUT2D eigenvalue weighted by Gasteiger charge is 2.08. The predicted octanol–water partition coefficient (Wildman–Crippen LogP) is 2.18. The van der Waals surface area contributed by atoms with Crippen molar-refractivity contribution in [3.05, 3.63) is 71.0 Å². The molecule has 22 heavy (non-hydrogen) atoms. The van der Waals surface area contributed by atoms with Crippen LogP contribution in [0.2, 0.25) is 0 Å². The maximum Gasteiger partial charge on any atom is 0.251 e. The van der Waals surface area contributed by atoms with Crippen LogP contribution in [0.25, 0.3) is 0 Å². The van der Waals surface area contributed by atoms with Crippen molar-refractivity contribution in [3.63, 3.8) is 0 Å². The third-order valence-electron chi connectivity index (χ3n) is 3.12. The van der Waals surface area contributed by atoms with Gasteiger partial charge in [0.25, 0.3) is 5.91 Å². The van der Waals surface area contributed by atoms with Gasteiger partial charge in [-0.1, -0.05) is 35.9 Å². The number of hydrogen-bond donors (Lipinski definition) is 2. The minimum Gasteiger partial charge on any atom is -0.350 e. The molecule has 0 atom stereocenters. The van der Waals surface area contributed by atoms with E-state index in [1.54, 1.807) is 36.4 Å². The van der Waals surface area contributed by atoms with Crippen LogP contribution in [0, 0.1) is 12.7 Å². The Bertz CT molecular complexity index is 686. The van der Waals surface area contributed by atoms with E-state index in [9.17, 15) is 14.0 Å². The van der Waals surface area contributed by atoms with Crippen LogP contribution in [-0.4, -0.2) is 18.4 Å². The molecule has 0 heterocycles. The lowest BCUT2D eigenvalue weighted by atomic mass is 10.1. The first-order valence-corrected chi connectivity index (χ1v) is 6.91. The van der Waals surface area contributed by atoms with Crippen molar-refractivity contribution in [2.75, 3.05) is 6.54 Å². The monoisotopic (exact) mass is 300 g/mol. The van der Waals surface area contributed by atoms with Crippen molar-refractivity contribution >= 4 is 11.8 Å². The molecule has 0 saturated heterocycles. The first kappa shape index (κ1) is 15.7. The fourth-order valence-corrected chi connectivity index (χ4v) is 1.95. The molecule has 0 aliphatic carbocycles. The molecular weight excluding hydrogens is 283 g/mol. The zero-order valence-corrected chi connectivity index (χ0v) is 12.2. The quantitative estimate of drug-likeness (QED) is 0.889. The van der Waals surface area contributed by atoms with Crippen LogP contribution in [0.3, 0.4) is 0 Å². The van der Waals surface area contributed by atoms with Gasteiger partial charge in [0, 0.05) is 17.7 Å². The minimum absolute atomic E-state index is 0.0891. The van der Waals surface area contributed by atoms with Crippen molar-refractivity contribution in [1.29, 1.82) is 0 Å². The fraction of sp³-hybridized carbons (Fsp3) is 0.176. The highest BCUT2D eigenvalue weighted by atomic mass is 19.1. The number of nitrogens with one attached hydrogen (secondary N) is 2. The summed E-state index contributed by atoms with van der Waals surface area (Å²) in [4.78, 5) is 23.6. The van der Waals surface area contributed by atoms with Crippen LogP contribution in [0.15, 0.2) is 48.5 Å². The van der Waals surface area contributed by atoms with Gasteiger partial charge in [0.05, 0.1) is 6.54 Å². The number of halogens is 1. The Morgan fingerprint density at radius 2 is 1.82 bits per heavy atom. The van der Waals surface area contributed by atoms with Gasteiger partial charge in [0.2, 0.25) is 5.91 Å². The molecule has 4 nitrogen and oxygen atoms in total. The van der Waals surface area contributed by atoms with E-state index in [0.717, 1.165) is 5.56 Å². The fourth-order valence-electron chi connectivity index (χ4n) is 1.95. The topological polar surface area (TPSA) is 58.2 Å². The average molecular weight is 300 g/mol.